The van der Waals surface area contributed by atoms with Crippen LogP contribution in [-0.2, 0) is 9.53 Å². The number of ether oxygens (including phenoxy) is 1. The molecule has 48 valence electrons. The molecule has 0 bridgehead atoms. The predicted octanol–water partition coefficient (Wildman–Crippen LogP) is 0.918. The molecule has 0 aliphatic rings. The summed E-state index contributed by atoms with van der Waals surface area (Å²) in [5.41, 5.74) is -0.509. The third-order valence-corrected chi connectivity index (χ3v) is 0.501. The first-order valence-electron chi connectivity index (χ1n) is 2.61. The molecule has 0 heterocycles. The maximum atomic E-state index is 10.3. The Bertz CT molecular complexity index is 145. The van der Waals surface area contributed by atoms with E-state index in [1.807, 2.05) is 0 Å². The van der Waals surface area contributed by atoms with E-state index in [9.17, 15) is 4.79 Å². The van der Waals surface area contributed by atoms with Crippen molar-refractivity contribution in [3.8, 4) is 5.92 Å². The number of carbonyl (C=O) groups excluding carboxylic acids is 1. The number of hydrogen-bond acceptors (Lipinski definition) is 2. The molecule has 0 spiro atoms. The van der Waals surface area contributed by atoms with Gasteiger partial charge in [0.1, 0.15) is 0 Å². The number of rotatable bonds is 0. The molecule has 9 heavy (non-hydrogen) atoms. The molecule has 0 aromatic heterocycles. The van der Waals surface area contributed by atoms with Gasteiger partial charge in [-0.05, 0) is 0 Å². The Hall–Kier alpha value is -0.750. The van der Waals surface area contributed by atoms with Crippen molar-refractivity contribution in [1.29, 1.82) is 0 Å². The van der Waals surface area contributed by atoms with E-state index in [1.165, 1.54) is 0 Å². The SMILES string of the molecule is [C+]#CC(=O)OC(C)(C)C. The van der Waals surface area contributed by atoms with E-state index in [1.54, 1.807) is 26.7 Å². The van der Waals surface area contributed by atoms with Gasteiger partial charge in [-0.25, -0.2) is 0 Å². The molecule has 0 saturated carbocycles. The summed E-state index contributed by atoms with van der Waals surface area (Å²) in [7, 11) is 0. The predicted molar refractivity (Wildman–Crippen MR) is 33.0 cm³/mol. The minimum absolute atomic E-state index is 0.509. The Morgan fingerprint density at radius 3 is 2.11 bits per heavy atom. The van der Waals surface area contributed by atoms with Crippen molar-refractivity contribution in [1.82, 2.24) is 0 Å². The standard InChI is InChI=1S/C7H9O2/c1-5-6(8)9-7(2,3)4/h2-4H3/q+1. The van der Waals surface area contributed by atoms with E-state index in [2.05, 4.69) is 4.74 Å². The quantitative estimate of drug-likeness (QED) is 0.273. The number of esters is 1. The van der Waals surface area contributed by atoms with Crippen LogP contribution in [0.3, 0.4) is 0 Å². The zero-order chi connectivity index (χ0) is 7.49. The van der Waals surface area contributed by atoms with Crippen LogP contribution < -0.4 is 0 Å². The fourth-order valence-corrected chi connectivity index (χ4v) is 0.304. The Morgan fingerprint density at radius 2 is 2.00 bits per heavy atom. The molecule has 0 atom stereocenters. The maximum absolute atomic E-state index is 10.3. The van der Waals surface area contributed by atoms with Crippen molar-refractivity contribution in [2.75, 3.05) is 0 Å². The summed E-state index contributed by atoms with van der Waals surface area (Å²) >= 11 is 0. The van der Waals surface area contributed by atoms with Crippen LogP contribution in [0.2, 0.25) is 0 Å². The van der Waals surface area contributed by atoms with E-state index in [0.717, 1.165) is 0 Å². The zero-order valence-electron chi connectivity index (χ0n) is 5.82. The molecule has 0 unspecified atom stereocenters. The number of hydrogen-bond donors (Lipinski definition) is 0. The summed E-state index contributed by atoms with van der Waals surface area (Å²) in [4.78, 5) is 10.3. The van der Waals surface area contributed by atoms with Crippen LogP contribution >= 0.6 is 0 Å². The molecule has 0 amide bonds. The Kier molecular flexibility index (Phi) is 2.47. The molecule has 0 aromatic carbocycles. The fourth-order valence-electron chi connectivity index (χ4n) is 0.304. The Labute approximate surface area is 55.2 Å². The van der Waals surface area contributed by atoms with Crippen LogP contribution in [0.1, 0.15) is 20.8 Å². The third kappa shape index (κ3) is 5.12. The van der Waals surface area contributed by atoms with Crippen LogP contribution in [0.25, 0.3) is 0 Å². The molecule has 0 N–H and O–H groups in total. The molecule has 0 aliphatic heterocycles. The molecule has 0 aromatic rings. The summed E-state index contributed by atoms with van der Waals surface area (Å²) in [6.07, 6.45) is 6.36. The van der Waals surface area contributed by atoms with Gasteiger partial charge >= 0.3 is 54.2 Å². The summed E-state index contributed by atoms with van der Waals surface area (Å²) in [6.45, 7) is 5.22. The topological polar surface area (TPSA) is 26.3 Å². The molecule has 2 nitrogen and oxygen atoms in total. The van der Waals surface area contributed by atoms with Crippen LogP contribution in [-0.4, -0.2) is 11.6 Å². The van der Waals surface area contributed by atoms with Gasteiger partial charge in [-0.1, -0.05) is 0 Å². The van der Waals surface area contributed by atoms with Gasteiger partial charge in [-0.3, -0.25) is 0 Å². The van der Waals surface area contributed by atoms with Crippen LogP contribution in [0.4, 0.5) is 0 Å². The Morgan fingerprint density at radius 1 is 1.56 bits per heavy atom. The van der Waals surface area contributed by atoms with Crippen molar-refractivity contribution >= 4 is 5.97 Å². The van der Waals surface area contributed by atoms with Crippen molar-refractivity contribution in [3.63, 3.8) is 0 Å². The van der Waals surface area contributed by atoms with Crippen molar-refractivity contribution in [3.05, 3.63) is 6.42 Å². The van der Waals surface area contributed by atoms with Crippen molar-refractivity contribution in [2.24, 2.45) is 0 Å². The number of carbonyl (C=O) groups is 1. The van der Waals surface area contributed by atoms with Crippen molar-refractivity contribution in [2.45, 2.75) is 26.4 Å². The second-order valence-electron chi connectivity index (χ2n) is 2.63. The van der Waals surface area contributed by atoms with Gasteiger partial charge in [-0.15, -0.1) is 0 Å². The minimum atomic E-state index is -0.720. The third-order valence-electron chi connectivity index (χ3n) is 0.501. The molecule has 0 saturated heterocycles. The average molecular weight is 125 g/mol. The van der Waals surface area contributed by atoms with Gasteiger partial charge in [0.25, 0.3) is 0 Å². The van der Waals surface area contributed by atoms with E-state index >= 15 is 0 Å². The van der Waals surface area contributed by atoms with Gasteiger partial charge in [-0.2, -0.15) is 0 Å². The average Bonchev–Trinajstić information content (AvgIpc) is 1.62. The second kappa shape index (κ2) is 2.70. The van der Waals surface area contributed by atoms with Gasteiger partial charge in [0.2, 0.25) is 0 Å². The molecular formula is C7H9O2+. The Balaban J connectivity index is 3.78. The molecule has 0 aliphatic carbocycles. The first kappa shape index (κ1) is 8.25. The fraction of sp³-hybridized carbons (Fsp3) is 0.571. The van der Waals surface area contributed by atoms with Crippen LogP contribution in [0.15, 0.2) is 0 Å². The monoisotopic (exact) mass is 125 g/mol. The molecule has 0 fully saturated rings. The summed E-state index contributed by atoms with van der Waals surface area (Å²) in [5.74, 6) is 0.890. The first-order chi connectivity index (χ1) is 3.95. The van der Waals surface area contributed by atoms with Gasteiger partial charge in [0, 0.05) is 0 Å². The van der Waals surface area contributed by atoms with E-state index in [-0.39, 0.29) is 0 Å². The first-order valence-corrected chi connectivity index (χ1v) is 2.61. The van der Waals surface area contributed by atoms with Gasteiger partial charge < -0.3 is 0 Å². The van der Waals surface area contributed by atoms with Crippen LogP contribution in [0.5, 0.6) is 0 Å². The van der Waals surface area contributed by atoms with Crippen molar-refractivity contribution < 1.29 is 9.53 Å². The second-order valence-corrected chi connectivity index (χ2v) is 2.63. The molecule has 0 radical (unpaired) electrons. The van der Waals surface area contributed by atoms with E-state index in [4.69, 9.17) is 6.42 Å². The summed E-state index contributed by atoms with van der Waals surface area (Å²) < 4.78 is 4.65. The molecule has 0 rings (SSSR count). The molecular weight excluding hydrogens is 116 g/mol. The summed E-state index contributed by atoms with van der Waals surface area (Å²) in [6, 6.07) is 0. The van der Waals surface area contributed by atoms with Gasteiger partial charge in [0.15, 0.2) is 0 Å². The van der Waals surface area contributed by atoms with E-state index in [0.29, 0.717) is 0 Å². The zero-order valence-corrected chi connectivity index (χ0v) is 5.82. The summed E-state index contributed by atoms with van der Waals surface area (Å²) in [5, 5.41) is 0. The molecule has 2 heteroatoms. The van der Waals surface area contributed by atoms with Crippen LogP contribution in [0, 0.1) is 12.3 Å². The van der Waals surface area contributed by atoms with Gasteiger partial charge in [0.05, 0.1) is 0 Å². The normalized spacial score (nSPS) is 10.3. The van der Waals surface area contributed by atoms with E-state index < -0.39 is 11.6 Å².